The van der Waals surface area contributed by atoms with Gasteiger partial charge in [-0.15, -0.1) is 0 Å². The van der Waals surface area contributed by atoms with Crippen molar-refractivity contribution in [3.63, 3.8) is 0 Å². The van der Waals surface area contributed by atoms with Crippen molar-refractivity contribution in [2.75, 3.05) is 24.3 Å². The maximum absolute atomic E-state index is 12.1. The van der Waals surface area contributed by atoms with Gasteiger partial charge >= 0.3 is 0 Å². The molecule has 4 nitrogen and oxygen atoms in total. The van der Waals surface area contributed by atoms with Gasteiger partial charge in [-0.1, -0.05) is 6.07 Å². The van der Waals surface area contributed by atoms with Crippen LogP contribution in [0.3, 0.4) is 0 Å². The average molecular weight is 265 g/mol. The summed E-state index contributed by atoms with van der Waals surface area (Å²) in [6.07, 6.45) is 0. The van der Waals surface area contributed by atoms with Crippen LogP contribution >= 0.6 is 0 Å². The Morgan fingerprint density at radius 1 is 1.15 bits per heavy atom. The van der Waals surface area contributed by atoms with E-state index in [1.807, 2.05) is 37.2 Å². The van der Waals surface area contributed by atoms with E-state index in [9.17, 15) is 4.79 Å². The molecule has 0 saturated heterocycles. The number of amides is 1. The molecule has 4 heteroatoms. The number of nitrogens with zero attached hydrogens (tertiary/aromatic N) is 2. The second kappa shape index (κ2) is 5.89. The summed E-state index contributed by atoms with van der Waals surface area (Å²) in [5, 5.41) is 11.6. The molecule has 2 aromatic carbocycles. The number of carbonyl (C=O) groups is 1. The van der Waals surface area contributed by atoms with Gasteiger partial charge in [0, 0.05) is 31.0 Å². The summed E-state index contributed by atoms with van der Waals surface area (Å²) in [4.78, 5) is 14.1. The Bertz CT molecular complexity index is 654. The van der Waals surface area contributed by atoms with Crippen LogP contribution in [0, 0.1) is 11.3 Å². The quantitative estimate of drug-likeness (QED) is 0.928. The fraction of sp³-hybridized carbons (Fsp3) is 0.125. The summed E-state index contributed by atoms with van der Waals surface area (Å²) in [5.41, 5.74) is 2.75. The average Bonchev–Trinajstić information content (AvgIpc) is 2.47. The molecule has 0 aliphatic heterocycles. The van der Waals surface area contributed by atoms with Crippen LogP contribution in [0.15, 0.2) is 48.5 Å². The summed E-state index contributed by atoms with van der Waals surface area (Å²) in [5.74, 6) is -0.189. The minimum Gasteiger partial charge on any atom is -0.378 e. The van der Waals surface area contributed by atoms with Crippen molar-refractivity contribution in [1.82, 2.24) is 0 Å². The number of nitrogens with one attached hydrogen (secondary N) is 1. The van der Waals surface area contributed by atoms with Crippen LogP contribution in [-0.4, -0.2) is 20.0 Å². The highest BCUT2D eigenvalue weighted by Gasteiger charge is 2.06. The number of rotatable bonds is 3. The Morgan fingerprint density at radius 3 is 2.45 bits per heavy atom. The van der Waals surface area contributed by atoms with E-state index in [1.165, 1.54) is 0 Å². The van der Waals surface area contributed by atoms with Gasteiger partial charge < -0.3 is 10.2 Å². The largest absolute Gasteiger partial charge is 0.378 e. The molecule has 1 N–H and O–H groups in total. The molecule has 0 aliphatic rings. The number of hydrogen-bond donors (Lipinski definition) is 1. The molecule has 1 amide bonds. The van der Waals surface area contributed by atoms with Crippen LogP contribution in [-0.2, 0) is 0 Å². The predicted molar refractivity (Wildman–Crippen MR) is 79.9 cm³/mol. The van der Waals surface area contributed by atoms with Crippen molar-refractivity contribution < 1.29 is 4.79 Å². The minimum absolute atomic E-state index is 0.189. The smallest absolute Gasteiger partial charge is 0.255 e. The van der Waals surface area contributed by atoms with E-state index in [0.717, 1.165) is 5.69 Å². The van der Waals surface area contributed by atoms with Gasteiger partial charge in [0.25, 0.3) is 5.91 Å². The standard InChI is InChI=1S/C16H15N3O/c1-19(2)15-8-6-13(7-9-15)16(20)18-14-5-3-4-12(10-14)11-17/h3-10H,1-2H3,(H,18,20). The lowest BCUT2D eigenvalue weighted by Crippen LogP contribution is -2.13. The molecule has 20 heavy (non-hydrogen) atoms. The summed E-state index contributed by atoms with van der Waals surface area (Å²) < 4.78 is 0. The van der Waals surface area contributed by atoms with E-state index >= 15 is 0 Å². The van der Waals surface area contributed by atoms with Crippen molar-refractivity contribution in [3.8, 4) is 6.07 Å². The van der Waals surface area contributed by atoms with Crippen molar-refractivity contribution in [3.05, 3.63) is 59.7 Å². The van der Waals surface area contributed by atoms with E-state index < -0.39 is 0 Å². The molecule has 100 valence electrons. The lowest BCUT2D eigenvalue weighted by molar-refractivity contribution is 0.102. The molecule has 2 rings (SSSR count). The highest BCUT2D eigenvalue weighted by molar-refractivity contribution is 6.04. The van der Waals surface area contributed by atoms with Gasteiger partial charge in [0.1, 0.15) is 0 Å². The summed E-state index contributed by atoms with van der Waals surface area (Å²) in [6.45, 7) is 0. The van der Waals surface area contributed by atoms with Crippen LogP contribution in [0.25, 0.3) is 0 Å². The van der Waals surface area contributed by atoms with Gasteiger partial charge in [0.15, 0.2) is 0 Å². The van der Waals surface area contributed by atoms with E-state index in [4.69, 9.17) is 5.26 Å². The molecule has 0 fully saturated rings. The van der Waals surface area contributed by atoms with Crippen LogP contribution in [0.5, 0.6) is 0 Å². The predicted octanol–water partition coefficient (Wildman–Crippen LogP) is 2.88. The Kier molecular flexibility index (Phi) is 4.02. The van der Waals surface area contributed by atoms with Gasteiger partial charge in [0.05, 0.1) is 11.6 Å². The first-order chi connectivity index (χ1) is 9.60. The number of anilines is 2. The summed E-state index contributed by atoms with van der Waals surface area (Å²) in [7, 11) is 3.89. The molecule has 0 radical (unpaired) electrons. The fourth-order valence-corrected chi connectivity index (χ4v) is 1.78. The molecule has 0 atom stereocenters. The second-order valence-electron chi connectivity index (χ2n) is 4.59. The third kappa shape index (κ3) is 3.15. The molecule has 0 heterocycles. The van der Waals surface area contributed by atoms with Crippen molar-refractivity contribution >= 4 is 17.3 Å². The first-order valence-electron chi connectivity index (χ1n) is 6.19. The Hall–Kier alpha value is -2.80. The monoisotopic (exact) mass is 265 g/mol. The Labute approximate surface area is 118 Å². The van der Waals surface area contributed by atoms with Crippen LogP contribution < -0.4 is 10.2 Å². The van der Waals surface area contributed by atoms with Crippen molar-refractivity contribution in [2.24, 2.45) is 0 Å². The molecule has 0 bridgehead atoms. The maximum atomic E-state index is 12.1. The maximum Gasteiger partial charge on any atom is 0.255 e. The molecule has 0 unspecified atom stereocenters. The van der Waals surface area contributed by atoms with Gasteiger partial charge in [0.2, 0.25) is 0 Å². The molecule has 2 aromatic rings. The first-order valence-corrected chi connectivity index (χ1v) is 6.19. The molecule has 0 aromatic heterocycles. The molecule has 0 aliphatic carbocycles. The Balaban J connectivity index is 2.13. The summed E-state index contributed by atoms with van der Waals surface area (Å²) in [6, 6.07) is 16.2. The summed E-state index contributed by atoms with van der Waals surface area (Å²) >= 11 is 0. The number of hydrogen-bond acceptors (Lipinski definition) is 3. The fourth-order valence-electron chi connectivity index (χ4n) is 1.78. The van der Waals surface area contributed by atoms with E-state index in [2.05, 4.69) is 5.32 Å². The highest BCUT2D eigenvalue weighted by atomic mass is 16.1. The zero-order valence-corrected chi connectivity index (χ0v) is 11.4. The molecular weight excluding hydrogens is 250 g/mol. The van der Waals surface area contributed by atoms with Gasteiger partial charge in [-0.05, 0) is 42.5 Å². The third-order valence-electron chi connectivity index (χ3n) is 2.90. The van der Waals surface area contributed by atoms with E-state index in [1.54, 1.807) is 36.4 Å². The lowest BCUT2D eigenvalue weighted by Gasteiger charge is -2.12. The molecular formula is C16H15N3O. The topological polar surface area (TPSA) is 56.1 Å². The van der Waals surface area contributed by atoms with Crippen LogP contribution in [0.1, 0.15) is 15.9 Å². The van der Waals surface area contributed by atoms with Crippen LogP contribution in [0.4, 0.5) is 11.4 Å². The highest BCUT2D eigenvalue weighted by Crippen LogP contribution is 2.15. The molecule has 0 saturated carbocycles. The second-order valence-corrected chi connectivity index (χ2v) is 4.59. The van der Waals surface area contributed by atoms with Crippen molar-refractivity contribution in [1.29, 1.82) is 5.26 Å². The number of benzene rings is 2. The SMILES string of the molecule is CN(C)c1ccc(C(=O)Nc2cccc(C#N)c2)cc1. The minimum atomic E-state index is -0.189. The lowest BCUT2D eigenvalue weighted by atomic mass is 10.1. The number of nitriles is 1. The normalized spacial score (nSPS) is 9.65. The van der Waals surface area contributed by atoms with Crippen molar-refractivity contribution in [2.45, 2.75) is 0 Å². The van der Waals surface area contributed by atoms with Gasteiger partial charge in [-0.2, -0.15) is 5.26 Å². The van der Waals surface area contributed by atoms with Crippen LogP contribution in [0.2, 0.25) is 0 Å². The Morgan fingerprint density at radius 2 is 1.85 bits per heavy atom. The molecule has 0 spiro atoms. The van der Waals surface area contributed by atoms with E-state index in [0.29, 0.717) is 16.8 Å². The zero-order valence-electron chi connectivity index (χ0n) is 11.4. The van der Waals surface area contributed by atoms with Gasteiger partial charge in [-0.25, -0.2) is 0 Å². The first kappa shape index (κ1) is 13.6. The zero-order chi connectivity index (χ0) is 14.5. The van der Waals surface area contributed by atoms with E-state index in [-0.39, 0.29) is 5.91 Å². The third-order valence-corrected chi connectivity index (χ3v) is 2.90. The number of carbonyl (C=O) groups excluding carboxylic acids is 1. The van der Waals surface area contributed by atoms with Gasteiger partial charge in [-0.3, -0.25) is 4.79 Å².